The van der Waals surface area contributed by atoms with Crippen molar-refractivity contribution in [2.75, 3.05) is 18.9 Å². The Bertz CT molecular complexity index is 466. The Kier molecular flexibility index (Phi) is 10.3. The number of aryl methyl sites for hydroxylation is 1. The molecule has 0 aliphatic carbocycles. The lowest BCUT2D eigenvalue weighted by Gasteiger charge is -2.07. The number of thiocarbonyl (C=S) groups is 1. The molecule has 0 aromatic heterocycles. The van der Waals surface area contributed by atoms with E-state index in [0.29, 0.717) is 13.0 Å². The summed E-state index contributed by atoms with van der Waals surface area (Å²) < 4.78 is 5.66. The number of rotatable bonds is 9. The zero-order valence-corrected chi connectivity index (χ0v) is 15.2. The van der Waals surface area contributed by atoms with Crippen molar-refractivity contribution < 1.29 is 9.53 Å². The van der Waals surface area contributed by atoms with E-state index >= 15 is 0 Å². The minimum atomic E-state index is -0.134. The van der Waals surface area contributed by atoms with Gasteiger partial charge in [-0.2, -0.15) is 0 Å². The highest BCUT2D eigenvalue weighted by Gasteiger charge is 2.02. The van der Waals surface area contributed by atoms with E-state index in [1.54, 1.807) is 11.8 Å². The van der Waals surface area contributed by atoms with E-state index in [-0.39, 0.29) is 5.97 Å². The summed E-state index contributed by atoms with van der Waals surface area (Å²) in [6, 6.07) is 7.91. The fraction of sp³-hybridized carbons (Fsp3) is 0.500. The van der Waals surface area contributed by atoms with Gasteiger partial charge in [0, 0.05) is 23.7 Å². The average molecular weight is 360 g/mol. The van der Waals surface area contributed by atoms with Gasteiger partial charge in [0.05, 0.1) is 6.61 Å². The van der Waals surface area contributed by atoms with E-state index < -0.39 is 0 Å². The van der Waals surface area contributed by atoms with Crippen molar-refractivity contribution in [1.82, 2.24) is 5.32 Å². The molecule has 0 spiro atoms. The van der Waals surface area contributed by atoms with Crippen LogP contribution in [-0.4, -0.2) is 29.2 Å². The molecule has 22 heavy (non-hydrogen) atoms. The smallest absolute Gasteiger partial charge is 0.305 e. The van der Waals surface area contributed by atoms with Crippen LogP contribution >= 0.6 is 35.6 Å². The number of carbonyl (C=O) groups excluding carboxylic acids is 1. The maximum Gasteiger partial charge on any atom is 0.305 e. The third kappa shape index (κ3) is 9.28. The van der Waals surface area contributed by atoms with Gasteiger partial charge in [0.15, 0.2) is 0 Å². The van der Waals surface area contributed by atoms with Gasteiger partial charge in [-0.25, -0.2) is 0 Å². The predicted molar refractivity (Wildman–Crippen MR) is 98.7 cm³/mol. The molecule has 0 unspecified atom stereocenters. The van der Waals surface area contributed by atoms with Crippen LogP contribution in [0.25, 0.3) is 0 Å². The number of carbonyl (C=O) groups is 1. The molecule has 0 aliphatic heterocycles. The average Bonchev–Trinajstić information content (AvgIpc) is 2.50. The minimum Gasteiger partial charge on any atom is -0.466 e. The number of nitrogens with one attached hydrogen (secondary N) is 1. The Morgan fingerprint density at radius 3 is 2.73 bits per heavy atom. The van der Waals surface area contributed by atoms with E-state index in [1.807, 2.05) is 31.2 Å². The summed E-state index contributed by atoms with van der Waals surface area (Å²) in [5, 5.41) is 4.00. The quantitative estimate of drug-likeness (QED) is 0.406. The zero-order valence-electron chi connectivity index (χ0n) is 12.8. The Balaban J connectivity index is 2.01. The fourth-order valence-corrected chi connectivity index (χ4v) is 2.96. The molecule has 0 atom stereocenters. The summed E-state index contributed by atoms with van der Waals surface area (Å²) in [6.07, 6.45) is 3.27. The number of thioether (sulfide) groups is 1. The van der Waals surface area contributed by atoms with Crippen molar-refractivity contribution in [3.8, 4) is 0 Å². The normalized spacial score (nSPS) is 10.3. The van der Waals surface area contributed by atoms with E-state index in [4.69, 9.17) is 28.6 Å². The molecule has 6 heteroatoms. The van der Waals surface area contributed by atoms with Gasteiger partial charge >= 0.3 is 5.97 Å². The van der Waals surface area contributed by atoms with Gasteiger partial charge in [-0.1, -0.05) is 47.7 Å². The molecule has 0 amide bonds. The standard InChI is InChI=1S/C16H22ClNO2S2/c1-2-20-15(19)6-4-12-22-16(21)18-11-3-5-13-7-9-14(17)10-8-13/h7-10H,2-6,11-12H2,1H3,(H,18,21). The van der Waals surface area contributed by atoms with Crippen LogP contribution in [0.15, 0.2) is 24.3 Å². The van der Waals surface area contributed by atoms with Gasteiger partial charge in [0.2, 0.25) is 0 Å². The lowest BCUT2D eigenvalue weighted by molar-refractivity contribution is -0.143. The Hall–Kier alpha value is -0.780. The first-order chi connectivity index (χ1) is 10.6. The predicted octanol–water partition coefficient (Wildman–Crippen LogP) is 4.22. The van der Waals surface area contributed by atoms with Crippen LogP contribution in [0.1, 0.15) is 31.7 Å². The largest absolute Gasteiger partial charge is 0.466 e. The highest BCUT2D eigenvalue weighted by molar-refractivity contribution is 8.22. The molecular formula is C16H22ClNO2S2. The van der Waals surface area contributed by atoms with Gasteiger partial charge in [0.1, 0.15) is 4.32 Å². The van der Waals surface area contributed by atoms with Crippen molar-refractivity contribution in [3.63, 3.8) is 0 Å². The highest BCUT2D eigenvalue weighted by Crippen LogP contribution is 2.11. The lowest BCUT2D eigenvalue weighted by atomic mass is 10.1. The first-order valence-electron chi connectivity index (χ1n) is 7.42. The Morgan fingerprint density at radius 2 is 2.05 bits per heavy atom. The molecule has 0 fully saturated rings. The van der Waals surface area contributed by atoms with Crippen molar-refractivity contribution >= 4 is 45.9 Å². The van der Waals surface area contributed by atoms with Gasteiger partial charge in [-0.15, -0.1) is 0 Å². The molecule has 0 saturated carbocycles. The molecule has 122 valence electrons. The second kappa shape index (κ2) is 11.7. The molecule has 1 rings (SSSR count). The van der Waals surface area contributed by atoms with Crippen LogP contribution in [0.5, 0.6) is 0 Å². The maximum atomic E-state index is 11.2. The van der Waals surface area contributed by atoms with Gasteiger partial charge in [-0.3, -0.25) is 4.79 Å². The second-order valence-corrected chi connectivity index (χ2v) is 6.91. The van der Waals surface area contributed by atoms with Crippen LogP contribution in [0.2, 0.25) is 5.02 Å². The van der Waals surface area contributed by atoms with Gasteiger partial charge < -0.3 is 10.1 Å². The molecule has 3 nitrogen and oxygen atoms in total. The summed E-state index contributed by atoms with van der Waals surface area (Å²) in [7, 11) is 0. The van der Waals surface area contributed by atoms with Crippen LogP contribution in [0, 0.1) is 0 Å². The Morgan fingerprint density at radius 1 is 1.32 bits per heavy atom. The van der Waals surface area contributed by atoms with Crippen LogP contribution in [0.3, 0.4) is 0 Å². The fourth-order valence-electron chi connectivity index (χ4n) is 1.80. The Labute approximate surface area is 147 Å². The minimum absolute atomic E-state index is 0.134. The summed E-state index contributed by atoms with van der Waals surface area (Å²) >= 11 is 12.7. The van der Waals surface area contributed by atoms with Crippen molar-refractivity contribution in [2.24, 2.45) is 0 Å². The second-order valence-electron chi connectivity index (χ2n) is 4.70. The molecule has 1 aromatic rings. The molecule has 1 aromatic carbocycles. The third-order valence-corrected chi connectivity index (χ3v) is 4.54. The van der Waals surface area contributed by atoms with E-state index in [0.717, 1.165) is 40.9 Å². The first-order valence-corrected chi connectivity index (χ1v) is 9.19. The van der Waals surface area contributed by atoms with Crippen molar-refractivity contribution in [2.45, 2.75) is 32.6 Å². The molecule has 0 radical (unpaired) electrons. The van der Waals surface area contributed by atoms with Crippen LogP contribution in [0.4, 0.5) is 0 Å². The third-order valence-electron chi connectivity index (χ3n) is 2.89. The number of esters is 1. The van der Waals surface area contributed by atoms with E-state index in [2.05, 4.69) is 5.32 Å². The summed E-state index contributed by atoms with van der Waals surface area (Å²) in [5.41, 5.74) is 1.28. The number of halogens is 1. The van der Waals surface area contributed by atoms with Crippen molar-refractivity contribution in [3.05, 3.63) is 34.9 Å². The highest BCUT2D eigenvalue weighted by atomic mass is 35.5. The maximum absolute atomic E-state index is 11.2. The molecule has 0 bridgehead atoms. The molecule has 1 N–H and O–H groups in total. The van der Waals surface area contributed by atoms with Gasteiger partial charge in [-0.05, 0) is 43.9 Å². The monoisotopic (exact) mass is 359 g/mol. The van der Waals surface area contributed by atoms with Gasteiger partial charge in [0.25, 0.3) is 0 Å². The van der Waals surface area contributed by atoms with E-state index in [9.17, 15) is 4.79 Å². The lowest BCUT2D eigenvalue weighted by Crippen LogP contribution is -2.20. The number of benzene rings is 1. The topological polar surface area (TPSA) is 38.3 Å². The summed E-state index contributed by atoms with van der Waals surface area (Å²) in [4.78, 5) is 11.2. The zero-order chi connectivity index (χ0) is 16.2. The molecule has 0 heterocycles. The van der Waals surface area contributed by atoms with E-state index in [1.165, 1.54) is 5.56 Å². The molecule has 0 aliphatic rings. The first kappa shape index (κ1) is 19.3. The summed E-state index contributed by atoms with van der Waals surface area (Å²) in [6.45, 7) is 3.11. The SMILES string of the molecule is CCOC(=O)CCCSC(=S)NCCCc1ccc(Cl)cc1. The number of hydrogen-bond acceptors (Lipinski definition) is 4. The van der Waals surface area contributed by atoms with Crippen molar-refractivity contribution in [1.29, 1.82) is 0 Å². The van der Waals surface area contributed by atoms with Crippen LogP contribution in [-0.2, 0) is 16.0 Å². The van der Waals surface area contributed by atoms with Crippen LogP contribution < -0.4 is 5.32 Å². The molecule has 0 saturated heterocycles. The number of hydrogen-bond donors (Lipinski definition) is 1. The molecular weight excluding hydrogens is 338 g/mol. The number of ether oxygens (including phenoxy) is 1. The summed E-state index contributed by atoms with van der Waals surface area (Å²) in [5.74, 6) is 0.701.